The second-order valence-electron chi connectivity index (χ2n) is 3.88. The predicted octanol–water partition coefficient (Wildman–Crippen LogP) is 3.79. The highest BCUT2D eigenvalue weighted by molar-refractivity contribution is 8.00. The lowest BCUT2D eigenvalue weighted by Crippen LogP contribution is -1.84. The Labute approximate surface area is 118 Å². The highest BCUT2D eigenvalue weighted by Gasteiger charge is 2.12. The third-order valence-corrected chi connectivity index (χ3v) is 4.46. The van der Waals surface area contributed by atoms with Crippen LogP contribution < -0.4 is 0 Å². The minimum absolute atomic E-state index is 0.672. The van der Waals surface area contributed by atoms with Crippen LogP contribution in [0.1, 0.15) is 11.5 Å². The summed E-state index contributed by atoms with van der Waals surface area (Å²) in [5, 5.41) is 7.81. The van der Waals surface area contributed by atoms with Crippen molar-refractivity contribution in [1.29, 1.82) is 0 Å². The first-order valence-corrected chi connectivity index (χ1v) is 7.60. The van der Waals surface area contributed by atoms with Crippen LogP contribution in [0, 0.1) is 6.92 Å². The number of aromatic nitrogens is 3. The minimum Gasteiger partial charge on any atom is -0.441 e. The third kappa shape index (κ3) is 2.85. The number of aryl methyl sites for hydroxylation is 1. The normalized spacial score (nSPS) is 10.8. The second-order valence-corrected chi connectivity index (χ2v) is 5.94. The van der Waals surface area contributed by atoms with E-state index in [1.165, 1.54) is 11.3 Å². The molecule has 96 valence electrons. The first kappa shape index (κ1) is 12.4. The largest absolute Gasteiger partial charge is 0.441 e. The fourth-order valence-corrected chi connectivity index (χ4v) is 3.11. The summed E-state index contributed by atoms with van der Waals surface area (Å²) in [7, 11) is 0. The maximum absolute atomic E-state index is 5.71. The molecule has 0 fully saturated rings. The average molecular weight is 289 g/mol. The number of benzene rings is 1. The van der Waals surface area contributed by atoms with Gasteiger partial charge in [-0.05, 0) is 19.1 Å². The highest BCUT2D eigenvalue weighted by atomic mass is 32.2. The van der Waals surface area contributed by atoms with Gasteiger partial charge < -0.3 is 4.42 Å². The second kappa shape index (κ2) is 5.54. The van der Waals surface area contributed by atoms with E-state index in [0.29, 0.717) is 5.89 Å². The van der Waals surface area contributed by atoms with Crippen molar-refractivity contribution in [2.45, 2.75) is 17.0 Å². The fraction of sp³-hybridized carbons (Fsp3) is 0.154. The van der Waals surface area contributed by atoms with Crippen LogP contribution in [0.3, 0.4) is 0 Å². The molecule has 0 N–H and O–H groups in total. The van der Waals surface area contributed by atoms with Crippen molar-refractivity contribution in [3.63, 3.8) is 0 Å². The Bertz CT molecular complexity index is 650. The first-order valence-electron chi connectivity index (χ1n) is 5.73. The van der Waals surface area contributed by atoms with Gasteiger partial charge in [0.2, 0.25) is 5.89 Å². The summed E-state index contributed by atoms with van der Waals surface area (Å²) >= 11 is 3.16. The van der Waals surface area contributed by atoms with Crippen LogP contribution in [0.25, 0.3) is 11.5 Å². The Hall–Kier alpha value is -1.66. The minimum atomic E-state index is 0.672. The van der Waals surface area contributed by atoms with E-state index >= 15 is 0 Å². The first-order chi connectivity index (χ1) is 9.33. The van der Waals surface area contributed by atoms with E-state index in [1.807, 2.05) is 37.3 Å². The van der Waals surface area contributed by atoms with Crippen LogP contribution >= 0.6 is 23.1 Å². The Balaban J connectivity index is 1.78. The SMILES string of the molecule is Cc1oc(-c2ccccc2)nc1CSc1nncs1. The summed E-state index contributed by atoms with van der Waals surface area (Å²) in [6.45, 7) is 1.94. The molecule has 0 aliphatic rings. The molecule has 0 bridgehead atoms. The molecule has 0 amide bonds. The monoisotopic (exact) mass is 289 g/mol. The van der Waals surface area contributed by atoms with E-state index in [4.69, 9.17) is 4.42 Å². The highest BCUT2D eigenvalue weighted by Crippen LogP contribution is 2.27. The predicted molar refractivity (Wildman–Crippen MR) is 76.1 cm³/mol. The Morgan fingerprint density at radius 2 is 2.11 bits per heavy atom. The van der Waals surface area contributed by atoms with Crippen molar-refractivity contribution in [2.75, 3.05) is 0 Å². The van der Waals surface area contributed by atoms with Crippen molar-refractivity contribution in [3.05, 3.63) is 47.3 Å². The van der Waals surface area contributed by atoms with Gasteiger partial charge in [0.15, 0.2) is 4.34 Å². The molecule has 2 heterocycles. The van der Waals surface area contributed by atoms with Crippen molar-refractivity contribution >= 4 is 23.1 Å². The lowest BCUT2D eigenvalue weighted by Gasteiger charge is -1.93. The number of thioether (sulfide) groups is 1. The van der Waals surface area contributed by atoms with Gasteiger partial charge in [0.1, 0.15) is 11.3 Å². The molecule has 3 rings (SSSR count). The van der Waals surface area contributed by atoms with Crippen molar-refractivity contribution in [2.24, 2.45) is 0 Å². The lowest BCUT2D eigenvalue weighted by molar-refractivity contribution is 0.540. The van der Waals surface area contributed by atoms with Crippen LogP contribution in [0.5, 0.6) is 0 Å². The van der Waals surface area contributed by atoms with Gasteiger partial charge in [0, 0.05) is 11.3 Å². The van der Waals surface area contributed by atoms with Crippen LogP contribution in [0.15, 0.2) is 44.6 Å². The zero-order valence-corrected chi connectivity index (χ0v) is 11.9. The van der Waals surface area contributed by atoms with Gasteiger partial charge >= 0.3 is 0 Å². The summed E-state index contributed by atoms with van der Waals surface area (Å²) < 4.78 is 6.66. The molecule has 19 heavy (non-hydrogen) atoms. The van der Waals surface area contributed by atoms with Crippen molar-refractivity contribution < 1.29 is 4.42 Å². The fourth-order valence-electron chi connectivity index (χ4n) is 1.62. The maximum atomic E-state index is 5.71. The molecule has 0 aliphatic carbocycles. The molecular formula is C13H11N3OS2. The van der Waals surface area contributed by atoms with Gasteiger partial charge in [-0.25, -0.2) is 4.98 Å². The van der Waals surface area contributed by atoms with E-state index in [1.54, 1.807) is 17.3 Å². The number of hydrogen-bond donors (Lipinski definition) is 0. The van der Waals surface area contributed by atoms with Crippen LogP contribution in [-0.2, 0) is 5.75 Å². The third-order valence-electron chi connectivity index (χ3n) is 2.59. The molecule has 1 aromatic carbocycles. The molecule has 0 atom stereocenters. The summed E-state index contributed by atoms with van der Waals surface area (Å²) in [6, 6.07) is 9.92. The van der Waals surface area contributed by atoms with Crippen LogP contribution in [0.2, 0.25) is 0 Å². The smallest absolute Gasteiger partial charge is 0.226 e. The molecule has 4 nitrogen and oxygen atoms in total. The zero-order chi connectivity index (χ0) is 13.1. The van der Waals surface area contributed by atoms with E-state index in [2.05, 4.69) is 15.2 Å². The molecule has 0 saturated heterocycles. The molecule has 0 aliphatic heterocycles. The Morgan fingerprint density at radius 3 is 2.84 bits per heavy atom. The Kier molecular flexibility index (Phi) is 3.61. The molecule has 0 spiro atoms. The quantitative estimate of drug-likeness (QED) is 0.684. The zero-order valence-electron chi connectivity index (χ0n) is 10.2. The number of rotatable bonds is 4. The number of nitrogens with zero attached hydrogens (tertiary/aromatic N) is 3. The van der Waals surface area contributed by atoms with Crippen molar-refractivity contribution in [1.82, 2.24) is 15.2 Å². The average Bonchev–Trinajstić information content (AvgIpc) is 3.07. The summed E-state index contributed by atoms with van der Waals surface area (Å²) in [4.78, 5) is 4.55. The molecule has 6 heteroatoms. The van der Waals surface area contributed by atoms with Gasteiger partial charge in [0.25, 0.3) is 0 Å². The number of oxazole rings is 1. The van der Waals surface area contributed by atoms with E-state index < -0.39 is 0 Å². The van der Waals surface area contributed by atoms with Crippen molar-refractivity contribution in [3.8, 4) is 11.5 Å². The summed E-state index contributed by atoms with van der Waals surface area (Å²) in [5.41, 5.74) is 3.68. The summed E-state index contributed by atoms with van der Waals surface area (Å²) in [5.74, 6) is 2.28. The molecule has 0 unspecified atom stereocenters. The molecule has 0 radical (unpaired) electrons. The number of hydrogen-bond acceptors (Lipinski definition) is 6. The van der Waals surface area contributed by atoms with E-state index in [0.717, 1.165) is 27.1 Å². The van der Waals surface area contributed by atoms with Gasteiger partial charge in [-0.2, -0.15) is 0 Å². The van der Waals surface area contributed by atoms with E-state index in [-0.39, 0.29) is 0 Å². The molecule has 3 aromatic rings. The van der Waals surface area contributed by atoms with Crippen LogP contribution in [0.4, 0.5) is 0 Å². The molecular weight excluding hydrogens is 278 g/mol. The van der Waals surface area contributed by atoms with Gasteiger partial charge in [-0.15, -0.1) is 10.2 Å². The molecule has 2 aromatic heterocycles. The maximum Gasteiger partial charge on any atom is 0.226 e. The topological polar surface area (TPSA) is 51.8 Å². The summed E-state index contributed by atoms with van der Waals surface area (Å²) in [6.07, 6.45) is 0. The van der Waals surface area contributed by atoms with Gasteiger partial charge in [-0.3, -0.25) is 0 Å². The Morgan fingerprint density at radius 1 is 1.26 bits per heavy atom. The van der Waals surface area contributed by atoms with E-state index in [9.17, 15) is 0 Å². The molecule has 0 saturated carbocycles. The van der Waals surface area contributed by atoms with Crippen LogP contribution in [-0.4, -0.2) is 15.2 Å². The van der Waals surface area contributed by atoms with Gasteiger partial charge in [0.05, 0.1) is 5.69 Å². The lowest BCUT2D eigenvalue weighted by atomic mass is 10.2. The van der Waals surface area contributed by atoms with Gasteiger partial charge in [-0.1, -0.05) is 41.3 Å². The standard InChI is InChI=1S/C13H11N3OS2/c1-9-11(7-18-13-16-14-8-19-13)15-12(17-9)10-5-3-2-4-6-10/h2-6,8H,7H2,1H3.